The molecule has 0 saturated carbocycles. The number of likely N-dealkylation sites (N-methyl/N-ethyl adjacent to an activating group) is 1. The number of aromatic nitrogens is 2. The molecule has 0 bridgehead atoms. The van der Waals surface area contributed by atoms with Crippen molar-refractivity contribution in [2.45, 2.75) is 147 Å². The number of nitrogens with one attached hydrogen (secondary N) is 7. The van der Waals surface area contributed by atoms with Crippen molar-refractivity contribution < 1.29 is 38.3 Å². The molecule has 6 amide bonds. The summed E-state index contributed by atoms with van der Waals surface area (Å²) in [5.41, 5.74) is 20.9. The first-order chi connectivity index (χ1) is 35.3. The summed E-state index contributed by atoms with van der Waals surface area (Å²) in [6.07, 6.45) is 12.6. The third-order valence-electron chi connectivity index (χ3n) is 11.7. The second-order valence-electron chi connectivity index (χ2n) is 17.9. The van der Waals surface area contributed by atoms with Gasteiger partial charge in [0.1, 0.15) is 12.1 Å². The van der Waals surface area contributed by atoms with Crippen LogP contribution in [-0.4, -0.2) is 146 Å². The topological polar surface area (TPSA) is 317 Å². The predicted molar refractivity (Wildman–Crippen MR) is 291 cm³/mol. The van der Waals surface area contributed by atoms with Crippen molar-refractivity contribution in [3.05, 3.63) is 47.8 Å². The molecule has 4 unspecified atom stereocenters. The van der Waals surface area contributed by atoms with Gasteiger partial charge in [-0.15, -0.1) is 0 Å². The van der Waals surface area contributed by atoms with E-state index in [9.17, 15) is 33.6 Å². The quantitative estimate of drug-likeness (QED) is 0.0337. The van der Waals surface area contributed by atoms with Crippen molar-refractivity contribution in [1.29, 1.82) is 0 Å². The van der Waals surface area contributed by atoms with E-state index >= 15 is 0 Å². The van der Waals surface area contributed by atoms with E-state index in [0.29, 0.717) is 122 Å². The molecule has 0 saturated heterocycles. The minimum atomic E-state index is -0.954. The standard InChI is InChI=1S/C51H86N12O8S2/c1-37-19-27-56-44(35-37)45-36-39(20-28-57-45)13-12-18-46(65)60-30-34-73-72-33-22-48(67)59-29-32-71-31-21-47(66)58-26-11-7-14-40(38(2)64)61-50(69)42(16-5-9-24-53)63-51(70)43(17-6-10-25-54)62-49(68)41(55-3)15-4-8-23-52/h19-20,27-28,35-36,40-43,55H,4-18,21-26,29-34,52-54H2,1-3H3,(H,58,66)(H,59,67)(H,60,65)(H,61,69)(H,62,68)(H,63,70). The molecule has 0 fully saturated rings. The lowest BCUT2D eigenvalue weighted by Gasteiger charge is -2.26. The number of unbranched alkanes of at least 4 members (excludes halogenated alkanes) is 4. The molecule has 0 spiro atoms. The summed E-state index contributed by atoms with van der Waals surface area (Å²) in [5.74, 6) is -0.445. The lowest BCUT2D eigenvalue weighted by Crippen LogP contribution is -2.57. The molecule has 0 aliphatic rings. The van der Waals surface area contributed by atoms with Gasteiger partial charge in [-0.05, 0) is 159 Å². The molecule has 20 nitrogen and oxygen atoms in total. The minimum Gasteiger partial charge on any atom is -0.379 e. The lowest BCUT2D eigenvalue weighted by atomic mass is 10.0. The van der Waals surface area contributed by atoms with Gasteiger partial charge in [-0.25, -0.2) is 0 Å². The van der Waals surface area contributed by atoms with Crippen LogP contribution in [0.2, 0.25) is 0 Å². The van der Waals surface area contributed by atoms with Crippen molar-refractivity contribution in [2.75, 3.05) is 71.0 Å². The lowest BCUT2D eigenvalue weighted by molar-refractivity contribution is -0.134. The number of hydrogen-bond donors (Lipinski definition) is 10. The van der Waals surface area contributed by atoms with Gasteiger partial charge in [0.2, 0.25) is 35.4 Å². The van der Waals surface area contributed by atoms with Crippen LogP contribution in [0.15, 0.2) is 36.7 Å². The molecule has 0 aliphatic carbocycles. The Morgan fingerprint density at radius 1 is 0.562 bits per heavy atom. The Bertz CT molecular complexity index is 1940. The summed E-state index contributed by atoms with van der Waals surface area (Å²) in [5, 5.41) is 20.1. The molecule has 2 rings (SSSR count). The first kappa shape index (κ1) is 64.4. The van der Waals surface area contributed by atoms with Gasteiger partial charge in [0.25, 0.3) is 0 Å². The zero-order valence-electron chi connectivity index (χ0n) is 43.6. The van der Waals surface area contributed by atoms with Crippen LogP contribution in [0.25, 0.3) is 11.4 Å². The van der Waals surface area contributed by atoms with E-state index < -0.39 is 36.0 Å². The van der Waals surface area contributed by atoms with E-state index in [2.05, 4.69) is 47.2 Å². The van der Waals surface area contributed by atoms with Crippen LogP contribution in [0.4, 0.5) is 0 Å². The van der Waals surface area contributed by atoms with Gasteiger partial charge >= 0.3 is 0 Å². The highest BCUT2D eigenvalue weighted by molar-refractivity contribution is 8.76. The predicted octanol–water partition coefficient (Wildman–Crippen LogP) is 2.49. The van der Waals surface area contributed by atoms with Gasteiger partial charge in [-0.1, -0.05) is 28.0 Å². The van der Waals surface area contributed by atoms with E-state index in [1.807, 2.05) is 31.2 Å². The molecule has 2 heterocycles. The molecule has 4 atom stereocenters. The molecule has 73 heavy (non-hydrogen) atoms. The molecule has 410 valence electrons. The van der Waals surface area contributed by atoms with E-state index in [-0.39, 0.29) is 49.0 Å². The Labute approximate surface area is 441 Å². The normalized spacial score (nSPS) is 12.7. The van der Waals surface area contributed by atoms with Crippen LogP contribution < -0.4 is 54.4 Å². The monoisotopic (exact) mass is 1060 g/mol. The number of amides is 6. The van der Waals surface area contributed by atoms with Crippen LogP contribution in [-0.2, 0) is 44.7 Å². The number of rotatable bonds is 43. The Hall–Kier alpha value is -4.71. The van der Waals surface area contributed by atoms with Gasteiger partial charge in [0.05, 0.1) is 36.7 Å². The third kappa shape index (κ3) is 30.3. The Morgan fingerprint density at radius 2 is 1.07 bits per heavy atom. The van der Waals surface area contributed by atoms with E-state index in [1.165, 1.54) is 6.92 Å². The van der Waals surface area contributed by atoms with Crippen molar-refractivity contribution in [2.24, 2.45) is 17.2 Å². The van der Waals surface area contributed by atoms with Crippen LogP contribution >= 0.6 is 21.6 Å². The molecular weight excluding hydrogens is 973 g/mol. The maximum absolute atomic E-state index is 13.7. The van der Waals surface area contributed by atoms with Crippen LogP contribution in [0.1, 0.15) is 121 Å². The zero-order chi connectivity index (χ0) is 53.5. The van der Waals surface area contributed by atoms with Crippen molar-refractivity contribution >= 4 is 62.8 Å². The fraction of sp³-hybridized carbons (Fsp3) is 0.667. The summed E-state index contributed by atoms with van der Waals surface area (Å²) >= 11 is 0. The highest BCUT2D eigenvalue weighted by atomic mass is 33.1. The average molecular weight is 1060 g/mol. The van der Waals surface area contributed by atoms with Crippen molar-refractivity contribution in [1.82, 2.24) is 47.2 Å². The molecular formula is C51H86N12O8S2. The maximum Gasteiger partial charge on any atom is 0.243 e. The van der Waals surface area contributed by atoms with E-state index in [4.69, 9.17) is 21.9 Å². The Morgan fingerprint density at radius 3 is 1.68 bits per heavy atom. The SMILES string of the molecule is CNC(CCCCN)C(=O)NC(CCCCN)C(=O)NC(CCCCN)C(=O)NC(CCCCNC(=O)CCOCCNC(=O)CCSSCCNC(=O)CCCc1ccnc(-c2cc(C)ccn2)c1)C(C)=O. The summed E-state index contributed by atoms with van der Waals surface area (Å²) in [7, 11) is 4.88. The summed E-state index contributed by atoms with van der Waals surface area (Å²) in [6, 6.07) is 4.80. The smallest absolute Gasteiger partial charge is 0.243 e. The first-order valence-electron chi connectivity index (χ1n) is 26.0. The van der Waals surface area contributed by atoms with Crippen molar-refractivity contribution in [3.8, 4) is 11.4 Å². The second kappa shape index (κ2) is 40.6. The number of ether oxygens (including phenoxy) is 1. The summed E-state index contributed by atoms with van der Waals surface area (Å²) in [4.78, 5) is 98.9. The second-order valence-corrected chi connectivity index (χ2v) is 20.6. The van der Waals surface area contributed by atoms with Gasteiger partial charge in [0.15, 0.2) is 5.78 Å². The number of ketones is 1. The molecule has 22 heteroatoms. The number of nitrogens with two attached hydrogens (primary N) is 3. The minimum absolute atomic E-state index is 0.0177. The zero-order valence-corrected chi connectivity index (χ0v) is 45.2. The number of carbonyl (C=O) groups excluding carboxylic acids is 7. The molecule has 2 aromatic rings. The third-order valence-corrected chi connectivity index (χ3v) is 14.1. The van der Waals surface area contributed by atoms with Crippen LogP contribution in [0.3, 0.4) is 0 Å². The van der Waals surface area contributed by atoms with Crippen LogP contribution in [0, 0.1) is 6.92 Å². The van der Waals surface area contributed by atoms with Gasteiger partial charge in [-0.3, -0.25) is 43.5 Å². The number of nitrogens with zero attached hydrogens (tertiary/aromatic N) is 2. The number of pyridine rings is 2. The van der Waals surface area contributed by atoms with Gasteiger partial charge in [-0.2, -0.15) is 0 Å². The fourth-order valence-electron chi connectivity index (χ4n) is 7.50. The average Bonchev–Trinajstić information content (AvgIpc) is 3.37. The molecule has 2 aromatic heterocycles. The Kier molecular flexibility index (Phi) is 35.9. The largest absolute Gasteiger partial charge is 0.379 e. The van der Waals surface area contributed by atoms with Crippen molar-refractivity contribution in [3.63, 3.8) is 0 Å². The maximum atomic E-state index is 13.7. The summed E-state index contributed by atoms with van der Waals surface area (Å²) < 4.78 is 5.53. The fourth-order valence-corrected chi connectivity index (χ4v) is 9.39. The van der Waals surface area contributed by atoms with Crippen LogP contribution in [0.5, 0.6) is 0 Å². The highest BCUT2D eigenvalue weighted by Gasteiger charge is 2.30. The highest BCUT2D eigenvalue weighted by Crippen LogP contribution is 2.21. The van der Waals surface area contributed by atoms with E-state index in [1.54, 1.807) is 41.0 Å². The van der Waals surface area contributed by atoms with Gasteiger partial charge < -0.3 is 59.2 Å². The number of aryl methyl sites for hydroxylation is 2. The van der Waals surface area contributed by atoms with Gasteiger partial charge in [0, 0.05) is 62.8 Å². The number of hydrogen-bond acceptors (Lipinski definition) is 16. The molecule has 13 N–H and O–H groups in total. The number of carbonyl (C=O) groups is 7. The Balaban J connectivity index is 1.59. The summed E-state index contributed by atoms with van der Waals surface area (Å²) in [6.45, 7) is 6.49. The molecule has 0 aliphatic heterocycles. The van der Waals surface area contributed by atoms with E-state index in [0.717, 1.165) is 54.0 Å². The first-order valence-corrected chi connectivity index (χ1v) is 28.5. The molecule has 0 aromatic carbocycles. The molecule has 0 radical (unpaired) electrons. The number of Topliss-reactive ketones (excluding diaryl/α,β-unsaturated/α-hetero) is 1.